The molecule has 0 spiro atoms. The van der Waals surface area contributed by atoms with Crippen molar-refractivity contribution in [3.05, 3.63) is 36.9 Å². The number of ether oxygens (including phenoxy) is 1. The van der Waals surface area contributed by atoms with E-state index in [0.717, 1.165) is 11.4 Å². The maximum atomic E-state index is 12.6. The Bertz CT molecular complexity index is 768. The highest BCUT2D eigenvalue weighted by molar-refractivity contribution is 6.00. The van der Waals surface area contributed by atoms with Gasteiger partial charge < -0.3 is 14.5 Å². The Kier molecular flexibility index (Phi) is 3.87. The molecule has 0 saturated carbocycles. The zero-order valence-corrected chi connectivity index (χ0v) is 13.9. The standard InChI is InChI=1S/C17H19N5O3/c1-25-15-4-2-13(3-5-15)21-7-12(6-16(21)23)17(24)20-8-14(9-20)22-11-18-10-19-22/h2-5,10-12,14H,6-9H2,1H3/t12-/m0/s1. The fraction of sp³-hybridized carbons (Fsp3) is 0.412. The number of carbonyl (C=O) groups excluding carboxylic acids is 2. The van der Waals surface area contributed by atoms with Crippen LogP contribution >= 0.6 is 0 Å². The number of methoxy groups -OCH3 is 1. The van der Waals surface area contributed by atoms with Crippen molar-refractivity contribution < 1.29 is 14.3 Å². The topological polar surface area (TPSA) is 80.6 Å². The minimum atomic E-state index is -0.286. The molecule has 0 bridgehead atoms. The first-order valence-corrected chi connectivity index (χ1v) is 8.23. The number of benzene rings is 1. The first-order valence-electron chi connectivity index (χ1n) is 8.23. The number of nitrogens with zero attached hydrogens (tertiary/aromatic N) is 5. The zero-order valence-electron chi connectivity index (χ0n) is 13.9. The Morgan fingerprint density at radius 3 is 2.60 bits per heavy atom. The highest BCUT2D eigenvalue weighted by atomic mass is 16.5. The van der Waals surface area contributed by atoms with Crippen LogP contribution in [0.1, 0.15) is 12.5 Å². The van der Waals surface area contributed by atoms with Crippen LogP contribution in [0.2, 0.25) is 0 Å². The fourth-order valence-electron chi connectivity index (χ4n) is 3.35. The lowest BCUT2D eigenvalue weighted by Gasteiger charge is -2.40. The van der Waals surface area contributed by atoms with Crippen molar-refractivity contribution in [1.82, 2.24) is 19.7 Å². The van der Waals surface area contributed by atoms with Crippen molar-refractivity contribution >= 4 is 17.5 Å². The molecule has 0 radical (unpaired) electrons. The lowest BCUT2D eigenvalue weighted by Crippen LogP contribution is -2.53. The van der Waals surface area contributed by atoms with Crippen LogP contribution in [0.15, 0.2) is 36.9 Å². The van der Waals surface area contributed by atoms with E-state index in [4.69, 9.17) is 4.74 Å². The van der Waals surface area contributed by atoms with E-state index >= 15 is 0 Å². The molecule has 8 heteroatoms. The Morgan fingerprint density at radius 1 is 1.20 bits per heavy atom. The van der Waals surface area contributed by atoms with Gasteiger partial charge in [0.05, 0.1) is 19.1 Å². The highest BCUT2D eigenvalue weighted by Crippen LogP contribution is 2.30. The van der Waals surface area contributed by atoms with Crippen molar-refractivity contribution in [1.29, 1.82) is 0 Å². The Balaban J connectivity index is 1.38. The van der Waals surface area contributed by atoms with Crippen LogP contribution in [0, 0.1) is 5.92 Å². The molecule has 2 aromatic rings. The van der Waals surface area contributed by atoms with Crippen molar-refractivity contribution in [3.63, 3.8) is 0 Å². The van der Waals surface area contributed by atoms with Crippen LogP contribution in [-0.2, 0) is 9.59 Å². The Hall–Kier alpha value is -2.90. The summed E-state index contributed by atoms with van der Waals surface area (Å²) in [6, 6.07) is 7.49. The molecule has 2 fully saturated rings. The molecule has 4 rings (SSSR count). The van der Waals surface area contributed by atoms with Gasteiger partial charge in [-0.1, -0.05) is 0 Å². The molecule has 0 aliphatic carbocycles. The third-order valence-electron chi connectivity index (χ3n) is 4.84. The van der Waals surface area contributed by atoms with E-state index in [9.17, 15) is 9.59 Å². The number of anilines is 1. The van der Waals surface area contributed by atoms with Gasteiger partial charge in [0.15, 0.2) is 0 Å². The molecule has 2 amide bonds. The lowest BCUT2D eigenvalue weighted by atomic mass is 10.0. The van der Waals surface area contributed by atoms with Gasteiger partial charge in [-0.25, -0.2) is 9.67 Å². The molecule has 0 N–H and O–H groups in total. The molecule has 1 atom stereocenters. The van der Waals surface area contributed by atoms with Crippen LogP contribution in [-0.4, -0.2) is 58.2 Å². The summed E-state index contributed by atoms with van der Waals surface area (Å²) in [5.41, 5.74) is 0.796. The predicted octanol–water partition coefficient (Wildman–Crippen LogP) is 0.723. The summed E-state index contributed by atoms with van der Waals surface area (Å²) in [6.45, 7) is 1.67. The monoisotopic (exact) mass is 341 g/mol. The summed E-state index contributed by atoms with van der Waals surface area (Å²) in [6.07, 6.45) is 3.42. The van der Waals surface area contributed by atoms with E-state index in [1.807, 2.05) is 24.3 Å². The van der Waals surface area contributed by atoms with Gasteiger partial charge in [-0.05, 0) is 24.3 Å². The normalized spacial score (nSPS) is 20.7. The van der Waals surface area contributed by atoms with Gasteiger partial charge in [-0.15, -0.1) is 0 Å². The molecule has 1 aromatic heterocycles. The van der Waals surface area contributed by atoms with E-state index in [-0.39, 0.29) is 30.2 Å². The molecule has 3 heterocycles. The summed E-state index contributed by atoms with van der Waals surface area (Å²) in [7, 11) is 1.60. The molecule has 25 heavy (non-hydrogen) atoms. The zero-order chi connectivity index (χ0) is 17.4. The maximum Gasteiger partial charge on any atom is 0.228 e. The van der Waals surface area contributed by atoms with E-state index < -0.39 is 0 Å². The molecule has 2 aliphatic rings. The Morgan fingerprint density at radius 2 is 1.96 bits per heavy atom. The average Bonchev–Trinajstić information content (AvgIpc) is 3.23. The van der Waals surface area contributed by atoms with Crippen LogP contribution in [0.25, 0.3) is 0 Å². The van der Waals surface area contributed by atoms with Gasteiger partial charge in [0.25, 0.3) is 0 Å². The molecule has 2 saturated heterocycles. The van der Waals surface area contributed by atoms with E-state index in [2.05, 4.69) is 10.1 Å². The fourth-order valence-corrected chi connectivity index (χ4v) is 3.35. The quantitative estimate of drug-likeness (QED) is 0.819. The average molecular weight is 341 g/mol. The molecule has 0 unspecified atom stereocenters. The third-order valence-corrected chi connectivity index (χ3v) is 4.84. The first kappa shape index (κ1) is 15.6. The van der Waals surface area contributed by atoms with Gasteiger partial charge in [0, 0.05) is 31.7 Å². The first-order chi connectivity index (χ1) is 12.2. The van der Waals surface area contributed by atoms with Crippen LogP contribution in [0.5, 0.6) is 5.75 Å². The van der Waals surface area contributed by atoms with E-state index in [1.165, 1.54) is 6.33 Å². The molecule has 2 aliphatic heterocycles. The number of amides is 2. The molecule has 8 nitrogen and oxygen atoms in total. The minimum Gasteiger partial charge on any atom is -0.497 e. The van der Waals surface area contributed by atoms with Gasteiger partial charge in [-0.3, -0.25) is 9.59 Å². The Labute approximate surface area is 145 Å². The number of rotatable bonds is 4. The summed E-state index contributed by atoms with van der Waals surface area (Å²) >= 11 is 0. The predicted molar refractivity (Wildman–Crippen MR) is 89.1 cm³/mol. The number of likely N-dealkylation sites (tertiary alicyclic amines) is 1. The third kappa shape index (κ3) is 2.84. The second-order valence-electron chi connectivity index (χ2n) is 6.38. The largest absolute Gasteiger partial charge is 0.497 e. The molecule has 1 aromatic carbocycles. The minimum absolute atomic E-state index is 0.0168. The summed E-state index contributed by atoms with van der Waals surface area (Å²) in [4.78, 5) is 32.4. The summed E-state index contributed by atoms with van der Waals surface area (Å²) in [5, 5.41) is 4.10. The highest BCUT2D eigenvalue weighted by Gasteiger charge is 2.41. The second-order valence-corrected chi connectivity index (χ2v) is 6.38. The summed E-state index contributed by atoms with van der Waals surface area (Å²) < 4.78 is 6.91. The van der Waals surface area contributed by atoms with Gasteiger partial charge in [-0.2, -0.15) is 5.10 Å². The summed E-state index contributed by atoms with van der Waals surface area (Å²) in [5.74, 6) is 0.478. The number of carbonyl (C=O) groups is 2. The van der Waals surface area contributed by atoms with Gasteiger partial charge in [0.1, 0.15) is 18.4 Å². The smallest absolute Gasteiger partial charge is 0.228 e. The van der Waals surface area contributed by atoms with Crippen molar-refractivity contribution in [2.75, 3.05) is 31.6 Å². The van der Waals surface area contributed by atoms with Crippen molar-refractivity contribution in [2.24, 2.45) is 5.92 Å². The van der Waals surface area contributed by atoms with Crippen molar-refractivity contribution in [3.8, 4) is 5.75 Å². The SMILES string of the molecule is COc1ccc(N2C[C@@H](C(=O)N3CC(n4cncn4)C3)CC2=O)cc1. The maximum absolute atomic E-state index is 12.6. The van der Waals surface area contributed by atoms with Crippen LogP contribution in [0.3, 0.4) is 0 Å². The van der Waals surface area contributed by atoms with E-state index in [0.29, 0.717) is 19.6 Å². The van der Waals surface area contributed by atoms with Crippen LogP contribution in [0.4, 0.5) is 5.69 Å². The van der Waals surface area contributed by atoms with Gasteiger partial charge >= 0.3 is 0 Å². The molecular formula is C17H19N5O3. The molecule has 130 valence electrons. The lowest BCUT2D eigenvalue weighted by molar-refractivity contribution is -0.141. The number of aromatic nitrogens is 3. The number of hydrogen-bond donors (Lipinski definition) is 0. The van der Waals surface area contributed by atoms with Gasteiger partial charge in [0.2, 0.25) is 11.8 Å². The molecular weight excluding hydrogens is 322 g/mol. The second kappa shape index (κ2) is 6.19. The number of hydrogen-bond acceptors (Lipinski definition) is 5. The van der Waals surface area contributed by atoms with E-state index in [1.54, 1.807) is 27.9 Å². The van der Waals surface area contributed by atoms with Crippen molar-refractivity contribution in [2.45, 2.75) is 12.5 Å². The van der Waals surface area contributed by atoms with Crippen LogP contribution < -0.4 is 9.64 Å².